The van der Waals surface area contributed by atoms with Gasteiger partial charge in [0, 0.05) is 12.8 Å². The van der Waals surface area contributed by atoms with Crippen LogP contribution in [-0.2, 0) is 11.2 Å². The van der Waals surface area contributed by atoms with E-state index in [9.17, 15) is 0 Å². The summed E-state index contributed by atoms with van der Waals surface area (Å²) < 4.78 is 6.72. The molecule has 0 spiro atoms. The van der Waals surface area contributed by atoms with Gasteiger partial charge in [0.25, 0.3) is 0 Å². The number of fused-ring (bicyclic) bond motifs is 1. The van der Waals surface area contributed by atoms with Crippen molar-refractivity contribution in [1.82, 2.24) is 14.6 Å². The SMILES string of the molecule is CO[C@H](CO)CCc1cc(C#N)c2c(N)ncnn12. The molecule has 0 radical (unpaired) electrons. The Kier molecular flexibility index (Phi) is 3.94. The lowest BCUT2D eigenvalue weighted by Crippen LogP contribution is -2.16. The maximum Gasteiger partial charge on any atom is 0.152 e. The van der Waals surface area contributed by atoms with Crippen molar-refractivity contribution >= 4 is 11.3 Å². The summed E-state index contributed by atoms with van der Waals surface area (Å²) in [5.74, 6) is 0.281. The number of nitriles is 1. The van der Waals surface area contributed by atoms with Crippen LogP contribution >= 0.6 is 0 Å². The number of hydrogen-bond acceptors (Lipinski definition) is 6. The first-order valence-electron chi connectivity index (χ1n) is 5.86. The molecule has 7 heteroatoms. The first kappa shape index (κ1) is 13.3. The predicted molar refractivity (Wildman–Crippen MR) is 68.3 cm³/mol. The number of ether oxygens (including phenoxy) is 1. The molecule has 2 aromatic rings. The quantitative estimate of drug-likeness (QED) is 0.791. The van der Waals surface area contributed by atoms with Gasteiger partial charge in [-0.25, -0.2) is 9.50 Å². The minimum absolute atomic E-state index is 0.0396. The van der Waals surface area contributed by atoms with Gasteiger partial charge in [0.05, 0.1) is 18.3 Å². The van der Waals surface area contributed by atoms with E-state index in [1.165, 1.54) is 6.33 Å². The molecule has 3 N–H and O–H groups in total. The molecule has 0 fully saturated rings. The molecule has 7 nitrogen and oxygen atoms in total. The van der Waals surface area contributed by atoms with Gasteiger partial charge < -0.3 is 15.6 Å². The van der Waals surface area contributed by atoms with Crippen LogP contribution in [0.3, 0.4) is 0 Å². The number of nitrogen functional groups attached to an aromatic ring is 1. The Labute approximate surface area is 110 Å². The highest BCUT2D eigenvalue weighted by molar-refractivity contribution is 5.74. The minimum atomic E-state index is -0.227. The van der Waals surface area contributed by atoms with Crippen LogP contribution in [0.15, 0.2) is 12.4 Å². The number of rotatable bonds is 5. The Bertz CT molecular complexity index is 612. The van der Waals surface area contributed by atoms with Gasteiger partial charge in [-0.15, -0.1) is 0 Å². The zero-order valence-corrected chi connectivity index (χ0v) is 10.6. The van der Waals surface area contributed by atoms with Crippen molar-refractivity contribution in [3.05, 3.63) is 23.7 Å². The van der Waals surface area contributed by atoms with E-state index in [2.05, 4.69) is 16.2 Å². The average Bonchev–Trinajstić information content (AvgIpc) is 2.80. The molecule has 0 aliphatic carbocycles. The van der Waals surface area contributed by atoms with Crippen molar-refractivity contribution in [3.8, 4) is 6.07 Å². The first-order chi connectivity index (χ1) is 9.21. The summed E-state index contributed by atoms with van der Waals surface area (Å²) in [7, 11) is 1.55. The van der Waals surface area contributed by atoms with Crippen LogP contribution in [0.1, 0.15) is 17.7 Å². The molecule has 0 saturated heterocycles. The Morgan fingerprint density at radius 1 is 1.63 bits per heavy atom. The van der Waals surface area contributed by atoms with Gasteiger partial charge in [0.15, 0.2) is 5.82 Å². The van der Waals surface area contributed by atoms with Crippen LogP contribution in [-0.4, -0.2) is 39.5 Å². The molecule has 2 rings (SSSR count). The van der Waals surface area contributed by atoms with E-state index in [0.29, 0.717) is 23.9 Å². The topological polar surface area (TPSA) is 109 Å². The van der Waals surface area contributed by atoms with E-state index in [4.69, 9.17) is 20.8 Å². The number of aliphatic hydroxyl groups excluding tert-OH is 1. The molecule has 1 atom stereocenters. The highest BCUT2D eigenvalue weighted by Crippen LogP contribution is 2.20. The molecule has 0 unspecified atom stereocenters. The fourth-order valence-corrected chi connectivity index (χ4v) is 1.99. The number of nitrogens with two attached hydrogens (primary N) is 1. The number of aromatic nitrogens is 3. The fourth-order valence-electron chi connectivity index (χ4n) is 1.99. The molecule has 2 heterocycles. The summed E-state index contributed by atoms with van der Waals surface area (Å²) in [6.07, 6.45) is 2.38. The lowest BCUT2D eigenvalue weighted by atomic mass is 10.1. The largest absolute Gasteiger partial charge is 0.394 e. The lowest BCUT2D eigenvalue weighted by Gasteiger charge is -2.11. The number of methoxy groups -OCH3 is 1. The fraction of sp³-hybridized carbons (Fsp3) is 0.417. The number of aryl methyl sites for hydroxylation is 1. The highest BCUT2D eigenvalue weighted by atomic mass is 16.5. The Hall–Kier alpha value is -2.17. The summed E-state index contributed by atoms with van der Waals surface area (Å²) in [5.41, 5.74) is 7.59. The molecule has 0 aromatic carbocycles. The van der Waals surface area contributed by atoms with E-state index < -0.39 is 0 Å². The summed E-state index contributed by atoms with van der Waals surface area (Å²) in [6, 6.07) is 3.83. The van der Waals surface area contributed by atoms with Gasteiger partial charge in [-0.1, -0.05) is 0 Å². The Morgan fingerprint density at radius 3 is 3.05 bits per heavy atom. The number of nitrogens with zero attached hydrogens (tertiary/aromatic N) is 4. The van der Waals surface area contributed by atoms with Gasteiger partial charge in [-0.05, 0) is 18.9 Å². The highest BCUT2D eigenvalue weighted by Gasteiger charge is 2.14. The van der Waals surface area contributed by atoms with Crippen LogP contribution < -0.4 is 5.73 Å². The Balaban J connectivity index is 2.34. The van der Waals surface area contributed by atoms with Crippen molar-refractivity contribution in [2.24, 2.45) is 0 Å². The third-order valence-corrected chi connectivity index (χ3v) is 3.04. The van der Waals surface area contributed by atoms with Crippen molar-refractivity contribution in [3.63, 3.8) is 0 Å². The van der Waals surface area contributed by atoms with Gasteiger partial charge in [-0.2, -0.15) is 10.4 Å². The summed E-state index contributed by atoms with van der Waals surface area (Å²) in [5, 5.41) is 22.3. The van der Waals surface area contributed by atoms with Gasteiger partial charge in [0.2, 0.25) is 0 Å². The molecule has 0 aliphatic heterocycles. The molecule has 0 aliphatic rings. The number of hydrogen-bond donors (Lipinski definition) is 2. The summed E-state index contributed by atoms with van der Waals surface area (Å²) in [6.45, 7) is -0.0396. The van der Waals surface area contributed by atoms with Crippen molar-refractivity contribution < 1.29 is 9.84 Å². The third-order valence-electron chi connectivity index (χ3n) is 3.04. The smallest absolute Gasteiger partial charge is 0.152 e. The standard InChI is InChI=1S/C12H15N5O2/c1-19-10(6-18)3-2-9-4-8(5-13)11-12(14)15-7-16-17(9)11/h4,7,10,18H,2-3,6H2,1H3,(H2,14,15,16)/t10-/m0/s1. The zero-order chi connectivity index (χ0) is 13.8. The van der Waals surface area contributed by atoms with E-state index in [-0.39, 0.29) is 18.5 Å². The van der Waals surface area contributed by atoms with Crippen LogP contribution in [0.25, 0.3) is 5.52 Å². The van der Waals surface area contributed by atoms with Gasteiger partial charge in [0.1, 0.15) is 17.9 Å². The molecule has 19 heavy (non-hydrogen) atoms. The Morgan fingerprint density at radius 2 is 2.42 bits per heavy atom. The third kappa shape index (κ3) is 2.50. The molecule has 2 aromatic heterocycles. The summed E-state index contributed by atoms with van der Waals surface area (Å²) >= 11 is 0. The maximum atomic E-state index is 9.10. The van der Waals surface area contributed by atoms with Crippen LogP contribution in [0.4, 0.5) is 5.82 Å². The molecular formula is C12H15N5O2. The second kappa shape index (κ2) is 5.65. The van der Waals surface area contributed by atoms with E-state index in [0.717, 1.165) is 5.69 Å². The number of aliphatic hydroxyl groups is 1. The van der Waals surface area contributed by atoms with Crippen LogP contribution in [0, 0.1) is 11.3 Å². The first-order valence-corrected chi connectivity index (χ1v) is 5.86. The minimum Gasteiger partial charge on any atom is -0.394 e. The van der Waals surface area contributed by atoms with Crippen LogP contribution in [0.2, 0.25) is 0 Å². The molecule has 0 saturated carbocycles. The van der Waals surface area contributed by atoms with Crippen LogP contribution in [0.5, 0.6) is 0 Å². The van der Waals surface area contributed by atoms with Gasteiger partial charge in [-0.3, -0.25) is 0 Å². The zero-order valence-electron chi connectivity index (χ0n) is 10.6. The van der Waals surface area contributed by atoms with Crippen molar-refractivity contribution in [2.45, 2.75) is 18.9 Å². The lowest BCUT2D eigenvalue weighted by molar-refractivity contribution is 0.0433. The predicted octanol–water partition coefficient (Wildman–Crippen LogP) is 0.123. The van der Waals surface area contributed by atoms with E-state index >= 15 is 0 Å². The van der Waals surface area contributed by atoms with Crippen molar-refractivity contribution in [1.29, 1.82) is 5.26 Å². The van der Waals surface area contributed by atoms with Crippen molar-refractivity contribution in [2.75, 3.05) is 19.5 Å². The summed E-state index contributed by atoms with van der Waals surface area (Å²) in [4.78, 5) is 3.89. The van der Waals surface area contributed by atoms with E-state index in [1.54, 1.807) is 17.7 Å². The second-order valence-corrected chi connectivity index (χ2v) is 4.15. The molecule has 0 bridgehead atoms. The molecule has 0 amide bonds. The van der Waals surface area contributed by atoms with E-state index in [1.807, 2.05) is 0 Å². The molecular weight excluding hydrogens is 246 g/mol. The monoisotopic (exact) mass is 261 g/mol. The molecule has 100 valence electrons. The average molecular weight is 261 g/mol. The second-order valence-electron chi connectivity index (χ2n) is 4.15. The maximum absolute atomic E-state index is 9.10. The normalized spacial score (nSPS) is 12.5. The van der Waals surface area contributed by atoms with Gasteiger partial charge >= 0.3 is 0 Å². The number of anilines is 1.